The largest absolute Gasteiger partial charge is 0.331 e. The Labute approximate surface area is 261 Å². The van der Waals surface area contributed by atoms with Crippen molar-refractivity contribution in [1.82, 2.24) is 14.1 Å². The van der Waals surface area contributed by atoms with E-state index in [0.717, 1.165) is 44.3 Å². The van der Waals surface area contributed by atoms with Crippen LogP contribution < -0.4 is 21.9 Å². The summed E-state index contributed by atoms with van der Waals surface area (Å²) < 4.78 is 40.0. The van der Waals surface area contributed by atoms with Gasteiger partial charge in [-0.05, 0) is 55.2 Å². The van der Waals surface area contributed by atoms with Gasteiger partial charge in [0.1, 0.15) is 28.0 Å². The van der Waals surface area contributed by atoms with Crippen LogP contribution in [0.3, 0.4) is 0 Å². The minimum Gasteiger partial charge on any atom is -0.325 e. The fraction of sp³-hybridized carbons (Fsp3) is 0.258. The Bertz CT molecular complexity index is 2150. The molecule has 1 aliphatic carbocycles. The molecule has 1 aliphatic heterocycles. The van der Waals surface area contributed by atoms with E-state index in [0.29, 0.717) is 24.3 Å². The normalized spacial score (nSPS) is 17.6. The highest BCUT2D eigenvalue weighted by Gasteiger charge is 2.51. The number of benzene rings is 2. The van der Waals surface area contributed by atoms with E-state index in [1.54, 1.807) is 24.4 Å². The molecule has 45 heavy (non-hydrogen) atoms. The number of rotatable bonds is 7. The van der Waals surface area contributed by atoms with Crippen molar-refractivity contribution in [3.63, 3.8) is 0 Å². The molecular formula is C31H27ClFN5O6S. The van der Waals surface area contributed by atoms with Crippen LogP contribution in [0.2, 0.25) is 5.02 Å². The average molecular weight is 652 g/mol. The SMILES string of the molecule is C[C@@H](CS(C)(=O)=O)n1c(=O)c(-c2cccc(F)c2Cl)cn(CC(=O)Nc2ccc3c(c2)C[C@@]2(C3)C(=O)Nc3ncccc32)c1=O. The number of carbonyl (C=O) groups excluding carboxylic acids is 2. The first-order chi connectivity index (χ1) is 21.3. The van der Waals surface area contributed by atoms with Gasteiger partial charge in [-0.3, -0.25) is 23.5 Å². The van der Waals surface area contributed by atoms with Crippen molar-refractivity contribution in [3.8, 4) is 11.1 Å². The Hall–Kier alpha value is -4.62. The summed E-state index contributed by atoms with van der Waals surface area (Å²) in [6.07, 6.45) is 4.60. The summed E-state index contributed by atoms with van der Waals surface area (Å²) in [6.45, 7) is 0.842. The predicted octanol–water partition coefficient (Wildman–Crippen LogP) is 3.10. The molecule has 4 aromatic rings. The number of hydrogen-bond acceptors (Lipinski definition) is 7. The molecule has 2 N–H and O–H groups in total. The van der Waals surface area contributed by atoms with E-state index >= 15 is 0 Å². The molecule has 6 rings (SSSR count). The van der Waals surface area contributed by atoms with E-state index < -0.39 is 56.6 Å². The summed E-state index contributed by atoms with van der Waals surface area (Å²) >= 11 is 6.16. The summed E-state index contributed by atoms with van der Waals surface area (Å²) in [6, 6.07) is 11.7. The van der Waals surface area contributed by atoms with Crippen molar-refractivity contribution < 1.29 is 22.4 Å². The fourth-order valence-corrected chi connectivity index (χ4v) is 7.49. The molecule has 0 unspecified atom stereocenters. The summed E-state index contributed by atoms with van der Waals surface area (Å²) in [4.78, 5) is 57.5. The summed E-state index contributed by atoms with van der Waals surface area (Å²) in [7, 11) is -3.61. The van der Waals surface area contributed by atoms with Gasteiger partial charge >= 0.3 is 5.69 Å². The highest BCUT2D eigenvalue weighted by atomic mass is 35.5. The standard InChI is InChI=1S/C31H27ClFN5O6S/c1-17(16-45(2,43)44)38-28(40)22(21-5-3-7-24(33)26(21)32)14-37(30(38)42)15-25(39)35-20-9-8-18-12-31(13-19(18)11-20)23-6-4-10-34-27(23)36-29(31)41/h3-11,14,17H,12-13,15-16H2,1-2H3,(H,35,39)(H,34,36,41)/t17-,31+/m0/s1. The third-order valence-electron chi connectivity index (χ3n) is 8.19. The molecule has 0 saturated carbocycles. The monoisotopic (exact) mass is 651 g/mol. The molecular weight excluding hydrogens is 625 g/mol. The van der Waals surface area contributed by atoms with Gasteiger partial charge in [0.05, 0.1) is 27.8 Å². The zero-order valence-corrected chi connectivity index (χ0v) is 25.7. The number of fused-ring (bicyclic) bond motifs is 3. The number of pyridine rings is 1. The summed E-state index contributed by atoms with van der Waals surface area (Å²) in [5.41, 5.74) is 0.316. The minimum atomic E-state index is -3.61. The lowest BCUT2D eigenvalue weighted by molar-refractivity contribution is -0.120. The number of amides is 2. The van der Waals surface area contributed by atoms with E-state index in [1.165, 1.54) is 19.1 Å². The Balaban J connectivity index is 1.31. The van der Waals surface area contributed by atoms with Crippen molar-refractivity contribution in [2.24, 2.45) is 0 Å². The zero-order valence-electron chi connectivity index (χ0n) is 24.1. The Kier molecular flexibility index (Phi) is 7.48. The smallest absolute Gasteiger partial charge is 0.325 e. The Morgan fingerprint density at radius 1 is 1.11 bits per heavy atom. The van der Waals surface area contributed by atoms with Crippen LogP contribution in [0, 0.1) is 5.82 Å². The average Bonchev–Trinajstić information content (AvgIpc) is 3.48. The van der Waals surface area contributed by atoms with Gasteiger partial charge in [0.25, 0.3) is 5.56 Å². The molecule has 0 radical (unpaired) electrons. The quantitative estimate of drug-likeness (QED) is 0.312. The van der Waals surface area contributed by atoms with Gasteiger partial charge in [0, 0.05) is 35.5 Å². The van der Waals surface area contributed by atoms with Gasteiger partial charge in [-0.25, -0.2) is 22.6 Å². The van der Waals surface area contributed by atoms with Crippen LogP contribution in [0.5, 0.6) is 0 Å². The minimum absolute atomic E-state index is 0.0172. The first-order valence-electron chi connectivity index (χ1n) is 13.9. The van der Waals surface area contributed by atoms with Crippen LogP contribution in [0.25, 0.3) is 11.1 Å². The number of sulfone groups is 1. The molecule has 2 aliphatic rings. The fourth-order valence-electron chi connectivity index (χ4n) is 6.23. The van der Waals surface area contributed by atoms with Crippen molar-refractivity contribution in [2.75, 3.05) is 22.6 Å². The van der Waals surface area contributed by atoms with E-state index in [4.69, 9.17) is 11.6 Å². The summed E-state index contributed by atoms with van der Waals surface area (Å²) in [5.74, 6) is -1.53. The number of halogens is 2. The number of carbonyl (C=O) groups is 2. The number of anilines is 2. The lowest BCUT2D eigenvalue weighted by atomic mass is 9.79. The molecule has 11 nitrogen and oxygen atoms in total. The van der Waals surface area contributed by atoms with Crippen LogP contribution in [0.4, 0.5) is 15.9 Å². The molecule has 0 fully saturated rings. The molecule has 14 heteroatoms. The van der Waals surface area contributed by atoms with Crippen molar-refractivity contribution in [3.05, 3.63) is 109 Å². The maximum Gasteiger partial charge on any atom is 0.331 e. The predicted molar refractivity (Wildman–Crippen MR) is 167 cm³/mol. The molecule has 3 heterocycles. The van der Waals surface area contributed by atoms with E-state index in [-0.39, 0.29) is 22.1 Å². The molecule has 1 spiro atoms. The van der Waals surface area contributed by atoms with Crippen molar-refractivity contribution >= 4 is 44.8 Å². The van der Waals surface area contributed by atoms with E-state index in [1.807, 2.05) is 12.1 Å². The van der Waals surface area contributed by atoms with Gasteiger partial charge in [-0.15, -0.1) is 0 Å². The maximum absolute atomic E-state index is 14.3. The molecule has 232 valence electrons. The lowest BCUT2D eigenvalue weighted by Crippen LogP contribution is -2.44. The molecule has 2 amide bonds. The Morgan fingerprint density at radius 3 is 2.62 bits per heavy atom. The van der Waals surface area contributed by atoms with Gasteiger partial charge in [0.2, 0.25) is 11.8 Å². The Morgan fingerprint density at radius 2 is 1.87 bits per heavy atom. The second-order valence-electron chi connectivity index (χ2n) is 11.5. The molecule has 2 aromatic heterocycles. The van der Waals surface area contributed by atoms with Crippen molar-refractivity contribution in [1.29, 1.82) is 0 Å². The van der Waals surface area contributed by atoms with Crippen LogP contribution in [0.1, 0.15) is 29.7 Å². The highest BCUT2D eigenvalue weighted by molar-refractivity contribution is 7.90. The van der Waals surface area contributed by atoms with Gasteiger partial charge in [0.15, 0.2) is 0 Å². The number of nitrogens with one attached hydrogen (secondary N) is 2. The van der Waals surface area contributed by atoms with Crippen LogP contribution in [-0.2, 0) is 44.2 Å². The van der Waals surface area contributed by atoms with Gasteiger partial charge < -0.3 is 10.6 Å². The first kappa shape index (κ1) is 30.4. The zero-order chi connectivity index (χ0) is 32.3. The lowest BCUT2D eigenvalue weighted by Gasteiger charge is -2.20. The van der Waals surface area contributed by atoms with Gasteiger partial charge in [-0.2, -0.15) is 0 Å². The van der Waals surface area contributed by atoms with E-state index in [2.05, 4.69) is 15.6 Å². The molecule has 2 aromatic carbocycles. The van der Waals surface area contributed by atoms with Crippen LogP contribution in [0.15, 0.2) is 70.5 Å². The second kappa shape index (κ2) is 11.1. The summed E-state index contributed by atoms with van der Waals surface area (Å²) in [5, 5.41) is 5.25. The van der Waals surface area contributed by atoms with E-state index in [9.17, 15) is 32.0 Å². The molecule has 0 saturated heterocycles. The third kappa shape index (κ3) is 5.46. The highest BCUT2D eigenvalue weighted by Crippen LogP contribution is 2.47. The third-order valence-corrected chi connectivity index (χ3v) is 9.66. The second-order valence-corrected chi connectivity index (χ2v) is 14.1. The molecule has 0 bridgehead atoms. The topological polar surface area (TPSA) is 149 Å². The number of aromatic nitrogens is 3. The van der Waals surface area contributed by atoms with Crippen LogP contribution in [-0.4, -0.2) is 46.4 Å². The maximum atomic E-state index is 14.3. The number of nitrogens with zero attached hydrogens (tertiary/aromatic N) is 3. The van der Waals surface area contributed by atoms with Gasteiger partial charge in [-0.1, -0.05) is 35.9 Å². The number of hydrogen-bond donors (Lipinski definition) is 2. The van der Waals surface area contributed by atoms with Crippen LogP contribution >= 0.6 is 11.6 Å². The molecule has 2 atom stereocenters. The first-order valence-corrected chi connectivity index (χ1v) is 16.4. The van der Waals surface area contributed by atoms with Crippen molar-refractivity contribution in [2.45, 2.75) is 37.8 Å².